The molecule has 0 radical (unpaired) electrons. The van der Waals surface area contributed by atoms with Crippen molar-refractivity contribution in [3.8, 4) is 5.75 Å². The molecule has 1 aromatic carbocycles. The molecule has 0 saturated heterocycles. The van der Waals surface area contributed by atoms with Crippen LogP contribution in [-0.2, 0) is 4.79 Å². The summed E-state index contributed by atoms with van der Waals surface area (Å²) in [5, 5.41) is 9.49. The third-order valence-corrected chi connectivity index (χ3v) is 2.70. The van der Waals surface area contributed by atoms with Crippen LogP contribution in [0, 0.1) is 0 Å². The molecule has 1 aliphatic heterocycles. The van der Waals surface area contributed by atoms with Gasteiger partial charge in [-0.15, -0.1) is 0 Å². The predicted molar refractivity (Wildman–Crippen MR) is 66.7 cm³/mol. The lowest BCUT2D eigenvalue weighted by Gasteiger charge is -2.17. The van der Waals surface area contributed by atoms with Crippen molar-refractivity contribution in [3.63, 3.8) is 0 Å². The summed E-state index contributed by atoms with van der Waals surface area (Å²) in [5.74, 6) is -0.427. The van der Waals surface area contributed by atoms with Crippen LogP contribution in [0.15, 0.2) is 29.9 Å². The molecule has 0 aliphatic carbocycles. The van der Waals surface area contributed by atoms with Crippen molar-refractivity contribution < 1.29 is 14.6 Å². The third kappa shape index (κ3) is 2.81. The lowest BCUT2D eigenvalue weighted by atomic mass is 10.1. The third-order valence-electron chi connectivity index (χ3n) is 2.20. The molecule has 1 N–H and O–H groups in total. The first-order chi connectivity index (χ1) is 8.06. The molecule has 0 aromatic heterocycles. The molecule has 0 amide bonds. The average Bonchev–Trinajstić information content (AvgIpc) is 2.25. The fraction of sp³-hybridized carbons (Fsp3) is 0.0833. The topological polar surface area (TPSA) is 46.5 Å². The number of carboxylic acid groups (broad SMARTS) is 1. The maximum atomic E-state index is 10.4. The van der Waals surface area contributed by atoms with Crippen LogP contribution >= 0.6 is 23.2 Å². The van der Waals surface area contributed by atoms with Crippen LogP contribution in [-0.4, -0.2) is 17.7 Å². The minimum Gasteiger partial charge on any atom is -0.487 e. The van der Waals surface area contributed by atoms with Gasteiger partial charge in [0.1, 0.15) is 12.4 Å². The Morgan fingerprint density at radius 3 is 2.88 bits per heavy atom. The van der Waals surface area contributed by atoms with Gasteiger partial charge in [0, 0.05) is 16.7 Å². The van der Waals surface area contributed by atoms with Crippen molar-refractivity contribution >= 4 is 35.2 Å². The van der Waals surface area contributed by atoms with Gasteiger partial charge in [-0.05, 0) is 29.9 Å². The number of ether oxygens (including phenoxy) is 1. The minimum atomic E-state index is -0.999. The van der Waals surface area contributed by atoms with Crippen molar-refractivity contribution in [1.82, 2.24) is 0 Å². The molecule has 0 unspecified atom stereocenters. The predicted octanol–water partition coefficient (Wildman–Crippen LogP) is 3.41. The smallest absolute Gasteiger partial charge is 0.328 e. The minimum absolute atomic E-state index is 0.290. The number of carboxylic acids is 1. The van der Waals surface area contributed by atoms with Gasteiger partial charge < -0.3 is 9.84 Å². The lowest BCUT2D eigenvalue weighted by Crippen LogP contribution is -2.06. The summed E-state index contributed by atoms with van der Waals surface area (Å²) in [5.41, 5.74) is 1.50. The summed E-state index contributed by atoms with van der Waals surface area (Å²) in [6.45, 7) is 0.290. The highest BCUT2D eigenvalue weighted by atomic mass is 35.5. The molecule has 0 bridgehead atoms. The monoisotopic (exact) mass is 270 g/mol. The van der Waals surface area contributed by atoms with E-state index in [4.69, 9.17) is 33.0 Å². The number of aliphatic carboxylic acids is 1. The zero-order valence-corrected chi connectivity index (χ0v) is 10.1. The number of hydrogen-bond acceptors (Lipinski definition) is 2. The van der Waals surface area contributed by atoms with Crippen molar-refractivity contribution in [3.05, 3.63) is 45.5 Å². The highest BCUT2D eigenvalue weighted by molar-refractivity contribution is 6.36. The maximum Gasteiger partial charge on any atom is 0.328 e. The summed E-state index contributed by atoms with van der Waals surface area (Å²) >= 11 is 11.8. The number of benzene rings is 1. The van der Waals surface area contributed by atoms with Gasteiger partial charge in [0.25, 0.3) is 0 Å². The molecule has 0 spiro atoms. The highest BCUT2D eigenvalue weighted by Crippen LogP contribution is 2.36. The molecule has 2 rings (SSSR count). The zero-order chi connectivity index (χ0) is 12.4. The van der Waals surface area contributed by atoms with Gasteiger partial charge >= 0.3 is 5.97 Å². The summed E-state index contributed by atoms with van der Waals surface area (Å²) in [6.07, 6.45) is 4.35. The van der Waals surface area contributed by atoms with Gasteiger partial charge in [0.05, 0.1) is 5.02 Å². The second-order valence-electron chi connectivity index (χ2n) is 3.49. The SMILES string of the molecule is O=C(O)/C=C/C1=Cc2cc(Cl)cc(Cl)c2OC1. The zero-order valence-electron chi connectivity index (χ0n) is 8.61. The normalized spacial score (nSPS) is 14.1. The summed E-state index contributed by atoms with van der Waals surface area (Å²) in [6, 6.07) is 3.32. The fourth-order valence-corrected chi connectivity index (χ4v) is 2.07. The standard InChI is InChI=1S/C12H8Cl2O3/c13-9-4-8-3-7(1-2-11(15)16)6-17-12(8)10(14)5-9/h1-5H,6H2,(H,15,16)/b2-1+. The molecular formula is C12H8Cl2O3. The Kier molecular flexibility index (Phi) is 3.41. The number of rotatable bonds is 2. The van der Waals surface area contributed by atoms with Crippen molar-refractivity contribution in [2.75, 3.05) is 6.61 Å². The van der Waals surface area contributed by atoms with Crippen LogP contribution in [0.4, 0.5) is 0 Å². The Morgan fingerprint density at radius 1 is 1.41 bits per heavy atom. The van der Waals surface area contributed by atoms with E-state index in [0.29, 0.717) is 15.8 Å². The molecule has 1 heterocycles. The number of fused-ring (bicyclic) bond motifs is 1. The Bertz CT molecular complexity index is 533. The van der Waals surface area contributed by atoms with Gasteiger partial charge in [0.15, 0.2) is 0 Å². The van der Waals surface area contributed by atoms with E-state index in [1.165, 1.54) is 6.08 Å². The van der Waals surface area contributed by atoms with E-state index in [2.05, 4.69) is 0 Å². The van der Waals surface area contributed by atoms with Gasteiger partial charge in [-0.25, -0.2) is 4.79 Å². The maximum absolute atomic E-state index is 10.4. The van der Waals surface area contributed by atoms with Crippen LogP contribution in [0.3, 0.4) is 0 Å². The number of halogens is 2. The lowest BCUT2D eigenvalue weighted by molar-refractivity contribution is -0.131. The van der Waals surface area contributed by atoms with Gasteiger partial charge in [-0.3, -0.25) is 0 Å². The van der Waals surface area contributed by atoms with E-state index in [1.807, 2.05) is 0 Å². The second kappa shape index (κ2) is 4.82. The fourth-order valence-electron chi connectivity index (χ4n) is 1.51. The summed E-state index contributed by atoms with van der Waals surface area (Å²) < 4.78 is 5.45. The van der Waals surface area contributed by atoms with Crippen LogP contribution in [0.5, 0.6) is 5.75 Å². The summed E-state index contributed by atoms with van der Waals surface area (Å²) in [4.78, 5) is 10.4. The summed E-state index contributed by atoms with van der Waals surface area (Å²) in [7, 11) is 0. The molecule has 0 saturated carbocycles. The molecule has 1 aliphatic rings. The average molecular weight is 271 g/mol. The Hall–Kier alpha value is -1.45. The van der Waals surface area contributed by atoms with Gasteiger partial charge in [-0.2, -0.15) is 0 Å². The van der Waals surface area contributed by atoms with Crippen molar-refractivity contribution in [1.29, 1.82) is 0 Å². The molecule has 17 heavy (non-hydrogen) atoms. The van der Waals surface area contributed by atoms with Crippen LogP contribution in [0.1, 0.15) is 5.56 Å². The first kappa shape index (κ1) is 12.0. The van der Waals surface area contributed by atoms with Crippen molar-refractivity contribution in [2.45, 2.75) is 0 Å². The van der Waals surface area contributed by atoms with E-state index in [-0.39, 0.29) is 6.61 Å². The van der Waals surface area contributed by atoms with Crippen LogP contribution in [0.25, 0.3) is 6.08 Å². The molecular weight excluding hydrogens is 263 g/mol. The van der Waals surface area contributed by atoms with E-state index >= 15 is 0 Å². The second-order valence-corrected chi connectivity index (χ2v) is 4.33. The molecule has 3 nitrogen and oxygen atoms in total. The molecule has 0 fully saturated rings. The molecule has 1 aromatic rings. The van der Waals surface area contributed by atoms with Crippen molar-refractivity contribution in [2.24, 2.45) is 0 Å². The van der Waals surface area contributed by atoms with E-state index in [0.717, 1.165) is 17.2 Å². The van der Waals surface area contributed by atoms with Crippen LogP contribution in [0.2, 0.25) is 10.0 Å². The van der Waals surface area contributed by atoms with Crippen LogP contribution < -0.4 is 4.74 Å². The number of hydrogen-bond donors (Lipinski definition) is 1. The molecule has 5 heteroatoms. The van der Waals surface area contributed by atoms with Gasteiger partial charge in [-0.1, -0.05) is 23.2 Å². The molecule has 0 atom stereocenters. The largest absolute Gasteiger partial charge is 0.487 e. The first-order valence-electron chi connectivity index (χ1n) is 4.79. The quantitative estimate of drug-likeness (QED) is 0.838. The molecule has 88 valence electrons. The Balaban J connectivity index is 2.37. The highest BCUT2D eigenvalue weighted by Gasteiger charge is 2.14. The van der Waals surface area contributed by atoms with E-state index in [1.54, 1.807) is 18.2 Å². The first-order valence-corrected chi connectivity index (χ1v) is 5.55. The Morgan fingerprint density at radius 2 is 2.18 bits per heavy atom. The number of carbonyl (C=O) groups is 1. The van der Waals surface area contributed by atoms with Gasteiger partial charge in [0.2, 0.25) is 0 Å². The Labute approximate surface area is 108 Å². The van der Waals surface area contributed by atoms with E-state index in [9.17, 15) is 4.79 Å². The van der Waals surface area contributed by atoms with E-state index < -0.39 is 5.97 Å².